The van der Waals surface area contributed by atoms with Crippen molar-refractivity contribution in [1.82, 2.24) is 5.32 Å². The molecule has 4 heteroatoms. The molecule has 0 aliphatic carbocycles. The van der Waals surface area contributed by atoms with Gasteiger partial charge in [-0.25, -0.2) is 0 Å². The molecule has 1 aromatic carbocycles. The Labute approximate surface area is 106 Å². The van der Waals surface area contributed by atoms with Crippen molar-refractivity contribution in [3.05, 3.63) is 35.4 Å². The molecule has 0 saturated carbocycles. The lowest BCUT2D eigenvalue weighted by atomic mass is 9.99. The fraction of sp³-hybridized carbons (Fsp3) is 0.571. The molecular weight excluding hydrogens is 239 g/mol. The minimum Gasteiger partial charge on any atom is -0.313 e. The molecule has 0 aromatic heterocycles. The highest BCUT2D eigenvalue weighted by Gasteiger charge is 2.30. The van der Waals surface area contributed by atoms with Gasteiger partial charge in [-0.3, -0.25) is 0 Å². The number of benzene rings is 1. The van der Waals surface area contributed by atoms with E-state index in [-0.39, 0.29) is 6.04 Å². The molecule has 0 aliphatic heterocycles. The van der Waals surface area contributed by atoms with Crippen LogP contribution in [0.25, 0.3) is 0 Å². The Balaban J connectivity index is 2.69. The number of alkyl halides is 3. The summed E-state index contributed by atoms with van der Waals surface area (Å²) in [6.45, 7) is 2.13. The highest BCUT2D eigenvalue weighted by atomic mass is 19.4. The molecule has 102 valence electrons. The van der Waals surface area contributed by atoms with Gasteiger partial charge in [0.05, 0.1) is 5.56 Å². The third-order valence-corrected chi connectivity index (χ3v) is 3.09. The number of unbranched alkanes of at least 4 members (excludes halogenated alkanes) is 2. The second kappa shape index (κ2) is 6.78. The van der Waals surface area contributed by atoms with Gasteiger partial charge in [0.25, 0.3) is 0 Å². The molecule has 1 atom stereocenters. The Morgan fingerprint density at radius 1 is 1.11 bits per heavy atom. The van der Waals surface area contributed by atoms with Crippen LogP contribution in [0.1, 0.15) is 49.8 Å². The van der Waals surface area contributed by atoms with Gasteiger partial charge in [0.2, 0.25) is 0 Å². The molecule has 0 saturated heterocycles. The van der Waals surface area contributed by atoms with Crippen molar-refractivity contribution in [1.29, 1.82) is 0 Å². The first kappa shape index (κ1) is 15.0. The van der Waals surface area contributed by atoms with Gasteiger partial charge in [-0.2, -0.15) is 13.2 Å². The fourth-order valence-corrected chi connectivity index (χ4v) is 1.98. The summed E-state index contributed by atoms with van der Waals surface area (Å²) in [4.78, 5) is 0. The van der Waals surface area contributed by atoms with E-state index in [0.29, 0.717) is 0 Å². The Bertz CT molecular complexity index is 343. The zero-order chi connectivity index (χ0) is 13.6. The maximum atomic E-state index is 12.4. The van der Waals surface area contributed by atoms with Crippen LogP contribution >= 0.6 is 0 Å². The van der Waals surface area contributed by atoms with Crippen LogP contribution in [-0.4, -0.2) is 7.05 Å². The second-order valence-electron chi connectivity index (χ2n) is 4.46. The highest BCUT2D eigenvalue weighted by molar-refractivity contribution is 5.26. The predicted octanol–water partition coefficient (Wildman–Crippen LogP) is 4.55. The summed E-state index contributed by atoms with van der Waals surface area (Å²) in [5.41, 5.74) is 0.330. The van der Waals surface area contributed by atoms with Crippen molar-refractivity contribution in [2.75, 3.05) is 7.05 Å². The molecule has 1 rings (SSSR count). The zero-order valence-corrected chi connectivity index (χ0v) is 10.8. The summed E-state index contributed by atoms with van der Waals surface area (Å²) < 4.78 is 37.3. The largest absolute Gasteiger partial charge is 0.416 e. The molecule has 1 aromatic rings. The van der Waals surface area contributed by atoms with E-state index in [1.807, 2.05) is 7.05 Å². The van der Waals surface area contributed by atoms with E-state index in [1.54, 1.807) is 12.1 Å². The average Bonchev–Trinajstić information content (AvgIpc) is 2.34. The van der Waals surface area contributed by atoms with E-state index in [4.69, 9.17) is 0 Å². The van der Waals surface area contributed by atoms with E-state index in [2.05, 4.69) is 12.2 Å². The minimum atomic E-state index is -4.25. The number of halogens is 3. The van der Waals surface area contributed by atoms with E-state index >= 15 is 0 Å². The molecule has 0 aliphatic rings. The summed E-state index contributed by atoms with van der Waals surface area (Å²) in [7, 11) is 1.84. The maximum Gasteiger partial charge on any atom is 0.416 e. The summed E-state index contributed by atoms with van der Waals surface area (Å²) in [6.07, 6.45) is 0.0802. The molecule has 18 heavy (non-hydrogen) atoms. The quantitative estimate of drug-likeness (QED) is 0.739. The number of rotatable bonds is 6. The van der Waals surface area contributed by atoms with Crippen LogP contribution in [0.2, 0.25) is 0 Å². The number of hydrogen-bond acceptors (Lipinski definition) is 1. The predicted molar refractivity (Wildman–Crippen MR) is 67.4 cm³/mol. The van der Waals surface area contributed by atoms with Gasteiger partial charge in [-0.15, -0.1) is 0 Å². The molecule has 0 heterocycles. The smallest absolute Gasteiger partial charge is 0.313 e. The molecule has 1 nitrogen and oxygen atoms in total. The summed E-state index contributed by atoms with van der Waals surface area (Å²) in [5.74, 6) is 0. The van der Waals surface area contributed by atoms with E-state index in [1.165, 1.54) is 0 Å². The topological polar surface area (TPSA) is 12.0 Å². The summed E-state index contributed by atoms with van der Waals surface area (Å²) in [5, 5.41) is 3.15. The van der Waals surface area contributed by atoms with Crippen LogP contribution in [0.3, 0.4) is 0 Å². The molecule has 0 fully saturated rings. The van der Waals surface area contributed by atoms with Gasteiger partial charge < -0.3 is 5.32 Å². The first-order valence-corrected chi connectivity index (χ1v) is 6.33. The first-order chi connectivity index (χ1) is 8.49. The lowest BCUT2D eigenvalue weighted by Crippen LogP contribution is -2.16. The van der Waals surface area contributed by atoms with Gasteiger partial charge >= 0.3 is 6.18 Å². The molecular formula is C14H20F3N. The van der Waals surface area contributed by atoms with Gasteiger partial charge in [0.15, 0.2) is 0 Å². The second-order valence-corrected chi connectivity index (χ2v) is 4.46. The van der Waals surface area contributed by atoms with Crippen molar-refractivity contribution < 1.29 is 13.2 Å². The van der Waals surface area contributed by atoms with Crippen LogP contribution in [0.5, 0.6) is 0 Å². The van der Waals surface area contributed by atoms with Gasteiger partial charge in [0.1, 0.15) is 0 Å². The Morgan fingerprint density at radius 3 is 2.17 bits per heavy atom. The molecule has 0 radical (unpaired) electrons. The van der Waals surface area contributed by atoms with Crippen molar-refractivity contribution in [2.45, 2.75) is 44.8 Å². The summed E-state index contributed by atoms with van der Waals surface area (Å²) in [6, 6.07) is 5.57. The van der Waals surface area contributed by atoms with Crippen molar-refractivity contribution in [3.63, 3.8) is 0 Å². The highest BCUT2D eigenvalue weighted by Crippen LogP contribution is 2.30. The number of nitrogens with one attached hydrogen (secondary N) is 1. The van der Waals surface area contributed by atoms with Gasteiger partial charge in [-0.05, 0) is 31.2 Å². The van der Waals surface area contributed by atoms with Gasteiger partial charge in [0, 0.05) is 6.04 Å². The zero-order valence-electron chi connectivity index (χ0n) is 10.8. The van der Waals surface area contributed by atoms with Gasteiger partial charge in [-0.1, -0.05) is 38.3 Å². The van der Waals surface area contributed by atoms with Crippen molar-refractivity contribution in [2.24, 2.45) is 0 Å². The van der Waals surface area contributed by atoms with Crippen molar-refractivity contribution in [3.8, 4) is 0 Å². The van der Waals surface area contributed by atoms with E-state index in [9.17, 15) is 13.2 Å². The maximum absolute atomic E-state index is 12.4. The van der Waals surface area contributed by atoms with Crippen LogP contribution in [-0.2, 0) is 6.18 Å². The normalized spacial score (nSPS) is 13.6. The van der Waals surface area contributed by atoms with Crippen LogP contribution < -0.4 is 5.32 Å². The average molecular weight is 259 g/mol. The third kappa shape index (κ3) is 4.33. The molecule has 0 bridgehead atoms. The lowest BCUT2D eigenvalue weighted by Gasteiger charge is -2.17. The van der Waals surface area contributed by atoms with Crippen LogP contribution in [0.15, 0.2) is 24.3 Å². The van der Waals surface area contributed by atoms with Crippen LogP contribution in [0, 0.1) is 0 Å². The van der Waals surface area contributed by atoms with Crippen LogP contribution in [0.4, 0.5) is 13.2 Å². The lowest BCUT2D eigenvalue weighted by molar-refractivity contribution is -0.137. The Hall–Kier alpha value is -1.03. The first-order valence-electron chi connectivity index (χ1n) is 6.33. The molecule has 1 unspecified atom stereocenters. The molecule has 0 spiro atoms. The molecule has 0 amide bonds. The van der Waals surface area contributed by atoms with E-state index < -0.39 is 11.7 Å². The molecule has 1 N–H and O–H groups in total. The Morgan fingerprint density at radius 2 is 1.72 bits per heavy atom. The SMILES string of the molecule is CCCCCC(NC)c1ccc(C(F)(F)F)cc1. The monoisotopic (exact) mass is 259 g/mol. The fourth-order valence-electron chi connectivity index (χ4n) is 1.98. The third-order valence-electron chi connectivity index (χ3n) is 3.09. The number of hydrogen-bond donors (Lipinski definition) is 1. The Kier molecular flexibility index (Phi) is 5.66. The van der Waals surface area contributed by atoms with E-state index in [0.717, 1.165) is 43.4 Å². The van der Waals surface area contributed by atoms with Crippen molar-refractivity contribution >= 4 is 0 Å². The minimum absolute atomic E-state index is 0.138. The summed E-state index contributed by atoms with van der Waals surface area (Å²) >= 11 is 0. The standard InChI is InChI=1S/C14H20F3N/c1-3-4-5-6-13(18-2)11-7-9-12(10-8-11)14(15,16)17/h7-10,13,18H,3-6H2,1-2H3.